The quantitative estimate of drug-likeness (QED) is 0.394. The van der Waals surface area contributed by atoms with Crippen LogP contribution in [0.3, 0.4) is 0 Å². The van der Waals surface area contributed by atoms with Crippen molar-refractivity contribution in [2.45, 2.75) is 6.92 Å². The van der Waals surface area contributed by atoms with Crippen molar-refractivity contribution < 1.29 is 14.1 Å². The van der Waals surface area contributed by atoms with Crippen LogP contribution in [0.4, 0.5) is 16.5 Å². The van der Waals surface area contributed by atoms with Gasteiger partial charge >= 0.3 is 0 Å². The van der Waals surface area contributed by atoms with Crippen LogP contribution in [0.15, 0.2) is 69.5 Å². The molecule has 0 saturated heterocycles. The summed E-state index contributed by atoms with van der Waals surface area (Å²) in [6.07, 6.45) is 1.58. The van der Waals surface area contributed by atoms with E-state index < -0.39 is 10.8 Å². The first kappa shape index (κ1) is 18.5. The molecule has 0 bridgehead atoms. The summed E-state index contributed by atoms with van der Waals surface area (Å²) >= 11 is 1.27. The second-order valence-electron chi connectivity index (χ2n) is 6.19. The highest BCUT2D eigenvalue weighted by atomic mass is 32.1. The van der Waals surface area contributed by atoms with Crippen molar-refractivity contribution in [2.24, 2.45) is 4.99 Å². The van der Waals surface area contributed by atoms with Gasteiger partial charge in [0, 0.05) is 29.1 Å². The van der Waals surface area contributed by atoms with E-state index in [9.17, 15) is 14.9 Å². The Kier molecular flexibility index (Phi) is 4.88. The minimum absolute atomic E-state index is 0.0950. The average molecular weight is 406 g/mol. The number of aryl methyl sites for hydroxylation is 1. The fraction of sp³-hybridized carbons (Fsp3) is 0.0500. The number of aromatic nitrogens is 1. The maximum atomic E-state index is 12.9. The molecule has 0 saturated carbocycles. The molecule has 29 heavy (non-hydrogen) atoms. The normalized spacial score (nSPS) is 11.6. The molecule has 0 aliphatic carbocycles. The number of carbonyl (C=O) groups excluding carboxylic acids is 1. The van der Waals surface area contributed by atoms with Gasteiger partial charge in [0.1, 0.15) is 11.1 Å². The molecule has 0 unspecified atom stereocenters. The molecule has 144 valence electrons. The van der Waals surface area contributed by atoms with Gasteiger partial charge in [-0.1, -0.05) is 12.1 Å². The van der Waals surface area contributed by atoms with Crippen molar-refractivity contribution in [2.75, 3.05) is 5.32 Å². The lowest BCUT2D eigenvalue weighted by Crippen LogP contribution is -2.21. The lowest BCUT2D eigenvalue weighted by Gasteiger charge is -2.05. The number of non-ortho nitro benzene ring substituents is 1. The summed E-state index contributed by atoms with van der Waals surface area (Å²) in [5.74, 6) is -0.469. The average Bonchev–Trinajstić information content (AvgIpc) is 3.20. The number of nitro benzene ring substituents is 1. The second kappa shape index (κ2) is 7.64. The predicted molar refractivity (Wildman–Crippen MR) is 109 cm³/mol. The summed E-state index contributed by atoms with van der Waals surface area (Å²) in [7, 11) is 0. The van der Waals surface area contributed by atoms with Crippen LogP contribution in [0.25, 0.3) is 11.0 Å². The molecule has 1 N–H and O–H groups in total. The summed E-state index contributed by atoms with van der Waals surface area (Å²) in [5, 5.41) is 16.4. The van der Waals surface area contributed by atoms with Crippen molar-refractivity contribution in [3.05, 3.63) is 86.9 Å². The van der Waals surface area contributed by atoms with Gasteiger partial charge in [-0.2, -0.15) is 0 Å². The fourth-order valence-corrected chi connectivity index (χ4v) is 3.27. The van der Waals surface area contributed by atoms with Crippen molar-refractivity contribution in [3.8, 4) is 0 Å². The van der Waals surface area contributed by atoms with Gasteiger partial charge in [0.05, 0.1) is 10.6 Å². The number of thiazole rings is 1. The Labute approximate surface area is 168 Å². The van der Waals surface area contributed by atoms with Crippen molar-refractivity contribution in [3.63, 3.8) is 0 Å². The Balaban J connectivity index is 1.90. The van der Waals surface area contributed by atoms with E-state index in [1.807, 2.05) is 25.1 Å². The number of rotatable bonds is 4. The molecule has 9 heteroatoms. The highest BCUT2D eigenvalue weighted by Crippen LogP contribution is 2.22. The van der Waals surface area contributed by atoms with Crippen LogP contribution in [-0.4, -0.2) is 15.8 Å². The smallest absolute Gasteiger partial charge is 0.270 e. The highest BCUT2D eigenvalue weighted by Gasteiger charge is 2.16. The molecule has 0 fully saturated rings. The number of anilines is 1. The van der Waals surface area contributed by atoms with E-state index in [-0.39, 0.29) is 16.8 Å². The van der Waals surface area contributed by atoms with Crippen LogP contribution >= 0.6 is 11.3 Å². The van der Waals surface area contributed by atoms with E-state index in [2.05, 4.69) is 15.3 Å². The largest absolute Gasteiger partial charge is 0.438 e. The SMILES string of the molecule is Cc1cccc(N=c2oc3ccc([N+](=O)[O-])cc3cc2C(=O)Nc2nccs2)c1. The van der Waals surface area contributed by atoms with Gasteiger partial charge in [-0.25, -0.2) is 9.98 Å². The lowest BCUT2D eigenvalue weighted by atomic mass is 10.1. The van der Waals surface area contributed by atoms with Crippen molar-refractivity contribution in [1.82, 2.24) is 4.98 Å². The Morgan fingerprint density at radius 3 is 2.83 bits per heavy atom. The van der Waals surface area contributed by atoms with Gasteiger partial charge in [-0.15, -0.1) is 11.3 Å². The number of fused-ring (bicyclic) bond motifs is 1. The number of hydrogen-bond acceptors (Lipinski definition) is 7. The zero-order valence-electron chi connectivity index (χ0n) is 15.2. The van der Waals surface area contributed by atoms with Crippen LogP contribution < -0.4 is 10.9 Å². The zero-order chi connectivity index (χ0) is 20.4. The van der Waals surface area contributed by atoms with E-state index in [4.69, 9.17) is 4.42 Å². The molecular weight excluding hydrogens is 392 g/mol. The first-order valence-corrected chi connectivity index (χ1v) is 9.42. The molecule has 0 spiro atoms. The summed E-state index contributed by atoms with van der Waals surface area (Å²) in [5.41, 5.74) is 2.17. The summed E-state index contributed by atoms with van der Waals surface area (Å²) in [4.78, 5) is 32.0. The van der Waals surface area contributed by atoms with Gasteiger partial charge in [-0.3, -0.25) is 20.2 Å². The first-order valence-electron chi connectivity index (χ1n) is 8.54. The minimum Gasteiger partial charge on any atom is -0.438 e. The van der Waals surface area contributed by atoms with E-state index in [0.29, 0.717) is 21.8 Å². The van der Waals surface area contributed by atoms with Gasteiger partial charge in [0.2, 0.25) is 5.55 Å². The van der Waals surface area contributed by atoms with Crippen molar-refractivity contribution in [1.29, 1.82) is 0 Å². The summed E-state index contributed by atoms with van der Waals surface area (Å²) < 4.78 is 5.84. The summed E-state index contributed by atoms with van der Waals surface area (Å²) in [6.45, 7) is 1.94. The summed E-state index contributed by atoms with van der Waals surface area (Å²) in [6, 6.07) is 13.2. The number of carbonyl (C=O) groups is 1. The monoisotopic (exact) mass is 406 g/mol. The highest BCUT2D eigenvalue weighted by molar-refractivity contribution is 7.13. The number of nitrogens with zero attached hydrogens (tertiary/aromatic N) is 3. The fourth-order valence-electron chi connectivity index (χ4n) is 2.74. The predicted octanol–water partition coefficient (Wildman–Crippen LogP) is 4.59. The molecular formula is C20H14N4O4S. The van der Waals surface area contributed by atoms with Crippen LogP contribution in [0.1, 0.15) is 15.9 Å². The topological polar surface area (TPSA) is 111 Å². The first-order chi connectivity index (χ1) is 14.0. The molecule has 4 rings (SSSR count). The molecule has 2 heterocycles. The van der Waals surface area contributed by atoms with E-state index in [1.165, 1.54) is 35.6 Å². The van der Waals surface area contributed by atoms with Crippen molar-refractivity contribution >= 4 is 44.7 Å². The number of nitrogens with one attached hydrogen (secondary N) is 1. The molecule has 0 aliphatic heterocycles. The molecule has 0 aliphatic rings. The van der Waals surface area contributed by atoms with Gasteiger partial charge < -0.3 is 4.42 Å². The van der Waals surface area contributed by atoms with Gasteiger partial charge in [-0.05, 0) is 36.8 Å². The number of hydrogen-bond donors (Lipinski definition) is 1. The van der Waals surface area contributed by atoms with E-state index in [0.717, 1.165) is 5.56 Å². The Morgan fingerprint density at radius 1 is 1.24 bits per heavy atom. The molecule has 0 radical (unpaired) electrons. The van der Waals surface area contributed by atoms with Crippen LogP contribution in [0.5, 0.6) is 0 Å². The van der Waals surface area contributed by atoms with Crippen LogP contribution in [0, 0.1) is 17.0 Å². The molecule has 2 aromatic carbocycles. The Morgan fingerprint density at radius 2 is 2.10 bits per heavy atom. The third kappa shape index (κ3) is 4.04. The lowest BCUT2D eigenvalue weighted by molar-refractivity contribution is -0.384. The number of nitro groups is 1. The maximum absolute atomic E-state index is 12.9. The van der Waals surface area contributed by atoms with Crippen LogP contribution in [-0.2, 0) is 0 Å². The van der Waals surface area contributed by atoms with Crippen LogP contribution in [0.2, 0.25) is 0 Å². The molecule has 4 aromatic rings. The number of benzene rings is 2. The third-order valence-corrected chi connectivity index (χ3v) is 4.76. The Bertz CT molecular complexity index is 1300. The molecule has 8 nitrogen and oxygen atoms in total. The molecule has 2 aromatic heterocycles. The maximum Gasteiger partial charge on any atom is 0.270 e. The Hall–Kier alpha value is -3.85. The van der Waals surface area contributed by atoms with Gasteiger partial charge in [0.15, 0.2) is 5.13 Å². The molecule has 1 amide bonds. The van der Waals surface area contributed by atoms with E-state index >= 15 is 0 Å². The zero-order valence-corrected chi connectivity index (χ0v) is 16.0. The van der Waals surface area contributed by atoms with Gasteiger partial charge in [0.25, 0.3) is 11.6 Å². The van der Waals surface area contributed by atoms with E-state index in [1.54, 1.807) is 17.6 Å². The second-order valence-corrected chi connectivity index (χ2v) is 7.08. The number of amides is 1. The third-order valence-electron chi connectivity index (χ3n) is 4.07. The molecule has 0 atom stereocenters. The standard InChI is InChI=1S/C20H14N4O4S/c1-12-3-2-4-14(9-12)22-19-16(18(25)23-20-21-7-8-29-20)11-13-10-15(24(26)27)5-6-17(13)28-19/h2-11H,1H3,(H,21,23,25). The minimum atomic E-state index is -0.500.